The number of carbonyl (C=O) groups excluding carboxylic acids is 6. The Hall–Kier alpha value is -11.3. The van der Waals surface area contributed by atoms with Gasteiger partial charge in [-0.15, -0.1) is 0 Å². The third-order valence-corrected chi connectivity index (χ3v) is 24.8. The van der Waals surface area contributed by atoms with Crippen molar-refractivity contribution in [1.29, 1.82) is 0 Å². The number of aromatic nitrogens is 3. The zero-order valence-electron chi connectivity index (χ0n) is 73.6. The van der Waals surface area contributed by atoms with E-state index in [2.05, 4.69) is 45.0 Å². The molecule has 0 radical (unpaired) electrons. The number of rotatable bonds is 52. The summed E-state index contributed by atoms with van der Waals surface area (Å²) in [6.07, 6.45) is 22.0. The van der Waals surface area contributed by atoms with Crippen molar-refractivity contribution in [2.24, 2.45) is 39.7 Å². The Morgan fingerprint density at radius 1 is 0.383 bits per heavy atom. The van der Waals surface area contributed by atoms with E-state index in [4.69, 9.17) is 78.1 Å². The minimum Gasteiger partial charge on any atom is -0.494 e. The van der Waals surface area contributed by atoms with Crippen molar-refractivity contribution >= 4 is 128 Å². The summed E-state index contributed by atoms with van der Waals surface area (Å²) in [5.74, 6) is 4.39. The van der Waals surface area contributed by atoms with Gasteiger partial charge in [-0.3, -0.25) is 24.2 Å². The van der Waals surface area contributed by atoms with Gasteiger partial charge in [0.05, 0.1) is 133 Å². The molecule has 2 aliphatic carbocycles. The third kappa shape index (κ3) is 31.6. The summed E-state index contributed by atoms with van der Waals surface area (Å²) in [7, 11) is 0. The highest BCUT2D eigenvalue weighted by molar-refractivity contribution is 7.23. The number of hydrogen-bond acceptors (Lipinski definition) is 29. The Morgan fingerprint density at radius 3 is 1.07 bits per heavy atom. The number of hydrazone groups is 2. The van der Waals surface area contributed by atoms with Crippen LogP contribution in [0.5, 0.6) is 34.5 Å². The first-order valence-corrected chi connectivity index (χ1v) is 47.2. The standard InChI is InChI=1S/C86H100N6O16S2.C13H19N3OS/c1-5-9-49-99-55-47-91(85-89-73-23-15-17-25-77(73)109-85)87-59-67-57-65(35-45-75(67)107-83(97)63-31-27-61(28-32-63)81(95)105-71-41-37-69(38-42-71)101-51-19-11-13-21-53-103-79(93)7-3)66-36-46-76(68(58-66)60-88-92(48-56-100-50-10-6-2)86-90-74-24-16-18-26-78(74)110-86)108-84(98)64-33-29-62(30-34-64)82(96)106-72-43-39-70(40-44-72)102-52-20-12-14-22-54-104-80(94)8-4;1-2-3-9-17-10-8-16(14)13-15-11-6-4-5-7-12(11)18-13/h7-8,15-18,23-26,35-46,57-64H,3-6,9-14,19-22,27-34,47-56H2,1-2H3;4-7H,2-3,8-10,14H2,1H3/b87-59+,88-60+;. The van der Waals surface area contributed by atoms with Gasteiger partial charge in [0.2, 0.25) is 15.4 Å². The van der Waals surface area contributed by atoms with Gasteiger partial charge in [-0.05, 0) is 242 Å². The van der Waals surface area contributed by atoms with E-state index >= 15 is 0 Å². The Bertz CT molecular complexity index is 4840. The van der Waals surface area contributed by atoms with Crippen LogP contribution in [-0.2, 0) is 52.5 Å². The monoisotopic (exact) mass is 1800 g/mol. The SMILES string of the molecule is C=CC(=O)OCCCCCCOc1ccc(OC(=O)C2CCC(C(=O)Oc3ccc(-c4ccc(OC(=O)C5CCC(C(=O)Oc6ccc(OCCCCCCOC(=O)C=C)cc6)CC5)c(/C=N/N(CCOCCCC)c5nc6ccccc6s5)c4)cc3/C=N/N(CCOCCCC)c3nc4ccccc4s3)CC2)cc1.CCCCOCCN(N)c1nc2ccccc2s1. The number of unbranched alkanes of at least 4 members (excludes halogenated alkanes) is 9. The normalized spacial score (nSPS) is 15.0. The quantitative estimate of drug-likeness (QED) is 0.00704. The van der Waals surface area contributed by atoms with Gasteiger partial charge in [0.15, 0.2) is 0 Å². The molecule has 12 rings (SSSR count). The molecule has 2 saturated carbocycles. The summed E-state index contributed by atoms with van der Waals surface area (Å²) in [6, 6.07) is 48.9. The Kier molecular flexibility index (Phi) is 40.7. The highest BCUT2D eigenvalue weighted by Crippen LogP contribution is 2.39. The fourth-order valence-corrected chi connectivity index (χ4v) is 16.9. The number of ether oxygens (including phenoxy) is 11. The van der Waals surface area contributed by atoms with Crippen molar-refractivity contribution in [2.45, 2.75) is 162 Å². The van der Waals surface area contributed by atoms with Crippen molar-refractivity contribution in [1.82, 2.24) is 15.0 Å². The smallest absolute Gasteiger partial charge is 0.330 e. The molecule has 26 nitrogen and oxygen atoms in total. The predicted molar refractivity (Wildman–Crippen MR) is 506 cm³/mol. The molecule has 7 aromatic carbocycles. The molecule has 10 aromatic rings. The minimum absolute atomic E-state index is 0.272. The number of para-hydroxylation sites is 3. The lowest BCUT2D eigenvalue weighted by molar-refractivity contribution is -0.145. The van der Waals surface area contributed by atoms with Crippen LogP contribution in [0.2, 0.25) is 0 Å². The van der Waals surface area contributed by atoms with Crippen molar-refractivity contribution in [2.75, 3.05) is 101 Å². The van der Waals surface area contributed by atoms with E-state index in [1.165, 1.54) is 22.7 Å². The molecular formula is C99H119N9O17S3. The van der Waals surface area contributed by atoms with Crippen LogP contribution in [-0.4, -0.2) is 149 Å². The molecule has 680 valence electrons. The average Bonchev–Trinajstić information content (AvgIpc) is 1.63. The molecule has 2 aliphatic rings. The van der Waals surface area contributed by atoms with Crippen molar-refractivity contribution in [3.8, 4) is 45.6 Å². The first-order chi connectivity index (χ1) is 62.6. The molecule has 2 fully saturated rings. The maximum Gasteiger partial charge on any atom is 0.330 e. The summed E-state index contributed by atoms with van der Waals surface area (Å²) >= 11 is 4.62. The highest BCUT2D eigenvalue weighted by Gasteiger charge is 2.35. The number of nitrogens with zero attached hydrogens (tertiary/aromatic N) is 8. The Balaban J connectivity index is 0.000000780. The summed E-state index contributed by atoms with van der Waals surface area (Å²) in [6.45, 7) is 19.8. The van der Waals surface area contributed by atoms with E-state index in [1.807, 2.05) is 91.0 Å². The van der Waals surface area contributed by atoms with Gasteiger partial charge in [0, 0.05) is 43.1 Å². The second-order valence-electron chi connectivity index (χ2n) is 31.2. The van der Waals surface area contributed by atoms with Crippen molar-refractivity contribution < 1.29 is 80.9 Å². The molecular weight excluding hydrogens is 1680 g/mol. The van der Waals surface area contributed by atoms with Crippen LogP contribution in [0.25, 0.3) is 41.8 Å². The number of carbonyl (C=O) groups is 6. The summed E-state index contributed by atoms with van der Waals surface area (Å²) in [5, 5.41) is 17.6. The Morgan fingerprint density at radius 2 is 0.711 bits per heavy atom. The molecule has 2 N–H and O–H groups in total. The number of benzene rings is 7. The number of esters is 6. The molecule has 0 amide bonds. The molecule has 29 heteroatoms. The lowest BCUT2D eigenvalue weighted by Crippen LogP contribution is -2.34. The van der Waals surface area contributed by atoms with Crippen LogP contribution >= 0.6 is 34.0 Å². The number of thiazole rings is 3. The van der Waals surface area contributed by atoms with E-state index in [9.17, 15) is 28.8 Å². The summed E-state index contributed by atoms with van der Waals surface area (Å²) in [4.78, 5) is 93.0. The fourth-order valence-electron chi connectivity index (χ4n) is 14.1. The molecule has 0 saturated heterocycles. The molecule has 0 unspecified atom stereocenters. The molecule has 0 bridgehead atoms. The number of nitrogens with two attached hydrogens (primary N) is 1. The minimum atomic E-state index is -0.498. The average molecular weight is 1800 g/mol. The van der Waals surface area contributed by atoms with Crippen LogP contribution in [0, 0.1) is 23.7 Å². The van der Waals surface area contributed by atoms with Gasteiger partial charge in [-0.25, -0.2) is 40.4 Å². The van der Waals surface area contributed by atoms with Crippen molar-refractivity contribution in [3.63, 3.8) is 0 Å². The summed E-state index contributed by atoms with van der Waals surface area (Å²) < 4.78 is 67.1. The first kappa shape index (κ1) is 97.3. The zero-order chi connectivity index (χ0) is 89.9. The second-order valence-corrected chi connectivity index (χ2v) is 34.2. The molecule has 0 spiro atoms. The first-order valence-electron chi connectivity index (χ1n) is 44.8. The molecule has 0 atom stereocenters. The van der Waals surface area contributed by atoms with E-state index < -0.39 is 47.5 Å². The molecule has 128 heavy (non-hydrogen) atoms. The third-order valence-electron chi connectivity index (χ3n) is 21.6. The number of hydrazine groups is 1. The van der Waals surface area contributed by atoms with Crippen LogP contribution in [0.15, 0.2) is 193 Å². The maximum atomic E-state index is 14.5. The second kappa shape index (κ2) is 53.5. The van der Waals surface area contributed by atoms with E-state index in [-0.39, 0.29) is 23.4 Å². The van der Waals surface area contributed by atoms with E-state index in [1.54, 1.807) is 99.5 Å². The molecule has 3 heterocycles. The van der Waals surface area contributed by atoms with Gasteiger partial charge in [-0.2, -0.15) is 10.2 Å². The van der Waals surface area contributed by atoms with Crippen molar-refractivity contribution in [3.05, 3.63) is 194 Å². The van der Waals surface area contributed by atoms with Gasteiger partial charge in [0.1, 0.15) is 34.5 Å². The van der Waals surface area contributed by atoms with E-state index in [0.29, 0.717) is 175 Å². The topological polar surface area (TPSA) is 303 Å². The van der Waals surface area contributed by atoms with Gasteiger partial charge < -0.3 is 52.1 Å². The van der Waals surface area contributed by atoms with Gasteiger partial charge in [0.25, 0.3) is 0 Å². The lowest BCUT2D eigenvalue weighted by Gasteiger charge is -2.26. The van der Waals surface area contributed by atoms with E-state index in [0.717, 1.165) is 156 Å². The maximum absolute atomic E-state index is 14.5. The lowest BCUT2D eigenvalue weighted by atomic mass is 9.82. The highest BCUT2D eigenvalue weighted by atomic mass is 32.1. The zero-order valence-corrected chi connectivity index (χ0v) is 76.1. The number of anilines is 3. The summed E-state index contributed by atoms with van der Waals surface area (Å²) in [5.41, 5.74) is 5.08. The largest absolute Gasteiger partial charge is 0.494 e. The van der Waals surface area contributed by atoms with Gasteiger partial charge in [-0.1, -0.05) is 136 Å². The van der Waals surface area contributed by atoms with Crippen LogP contribution in [0.3, 0.4) is 0 Å². The van der Waals surface area contributed by atoms with Gasteiger partial charge >= 0.3 is 35.8 Å². The number of fused-ring (bicyclic) bond motifs is 3. The molecule has 0 aliphatic heterocycles. The number of hydrogen-bond donors (Lipinski definition) is 1. The predicted octanol–water partition coefficient (Wildman–Crippen LogP) is 20.7. The Labute approximate surface area is 761 Å². The fraction of sp³-hybridized carbons (Fsp3) is 0.424. The molecule has 3 aromatic heterocycles. The van der Waals surface area contributed by atoms with Crippen LogP contribution < -0.4 is 49.3 Å². The van der Waals surface area contributed by atoms with Crippen LogP contribution in [0.4, 0.5) is 15.4 Å². The van der Waals surface area contributed by atoms with Crippen LogP contribution in [0.1, 0.15) is 173 Å².